The molecule has 33 heavy (non-hydrogen) atoms. The first-order valence-corrected chi connectivity index (χ1v) is 10.4. The molecule has 0 bridgehead atoms. The summed E-state index contributed by atoms with van der Waals surface area (Å²) in [6, 6.07) is 15.8. The lowest BCUT2D eigenvalue weighted by Gasteiger charge is -2.35. The molecule has 1 saturated heterocycles. The third kappa shape index (κ3) is 5.67. The molecule has 0 aliphatic carbocycles. The van der Waals surface area contributed by atoms with Gasteiger partial charge < -0.3 is 19.3 Å². The third-order valence-electron chi connectivity index (χ3n) is 5.05. The minimum atomic E-state index is -4.46. The molecule has 0 spiro atoms. The van der Waals surface area contributed by atoms with Crippen LogP contribution in [0.5, 0.6) is 17.4 Å². The van der Waals surface area contributed by atoms with Crippen LogP contribution in [0.1, 0.15) is 5.56 Å². The molecule has 6 nitrogen and oxygen atoms in total. The number of pyridine rings is 1. The highest BCUT2D eigenvalue weighted by Gasteiger charge is 2.30. The highest BCUT2D eigenvalue weighted by molar-refractivity contribution is 6.33. The van der Waals surface area contributed by atoms with E-state index >= 15 is 0 Å². The molecule has 10 heteroatoms. The lowest BCUT2D eigenvalue weighted by molar-refractivity contribution is -0.137. The molecule has 0 radical (unpaired) electrons. The number of aromatic nitrogens is 1. The van der Waals surface area contributed by atoms with Crippen molar-refractivity contribution < 1.29 is 27.4 Å². The minimum absolute atomic E-state index is 0.0177. The maximum Gasteiger partial charge on any atom is 0.417 e. The summed E-state index contributed by atoms with van der Waals surface area (Å²) in [5.41, 5.74) is 0.0788. The number of piperazine rings is 1. The highest BCUT2D eigenvalue weighted by Crippen LogP contribution is 2.30. The maximum absolute atomic E-state index is 12.6. The van der Waals surface area contributed by atoms with E-state index in [0.29, 0.717) is 48.9 Å². The number of para-hydroxylation sites is 1. The molecule has 0 N–H and O–H groups in total. The van der Waals surface area contributed by atoms with E-state index in [-0.39, 0.29) is 5.88 Å². The Bertz CT molecular complexity index is 1100. The van der Waals surface area contributed by atoms with Gasteiger partial charge in [0.25, 0.3) is 0 Å². The van der Waals surface area contributed by atoms with Crippen molar-refractivity contribution in [2.45, 2.75) is 6.18 Å². The van der Waals surface area contributed by atoms with Crippen LogP contribution in [0.3, 0.4) is 0 Å². The predicted octanol–water partition coefficient (Wildman–Crippen LogP) is 5.87. The number of hydrogen-bond acceptors (Lipinski definition) is 5. The van der Waals surface area contributed by atoms with Crippen molar-refractivity contribution in [1.82, 2.24) is 9.88 Å². The average Bonchev–Trinajstić information content (AvgIpc) is 2.80. The van der Waals surface area contributed by atoms with Crippen LogP contribution in [0.15, 0.2) is 66.9 Å². The largest absolute Gasteiger partial charge is 0.439 e. The zero-order chi connectivity index (χ0) is 23.4. The van der Waals surface area contributed by atoms with Gasteiger partial charge in [-0.25, -0.2) is 9.78 Å². The van der Waals surface area contributed by atoms with Crippen LogP contribution >= 0.6 is 11.6 Å². The van der Waals surface area contributed by atoms with Gasteiger partial charge in [-0.05, 0) is 42.5 Å². The summed E-state index contributed by atoms with van der Waals surface area (Å²) in [6.45, 7) is 2.24. The van der Waals surface area contributed by atoms with E-state index in [0.717, 1.165) is 17.8 Å². The van der Waals surface area contributed by atoms with Crippen molar-refractivity contribution in [3.8, 4) is 17.4 Å². The molecule has 0 saturated carbocycles. The fourth-order valence-electron chi connectivity index (χ4n) is 3.31. The van der Waals surface area contributed by atoms with E-state index in [4.69, 9.17) is 21.1 Å². The Morgan fingerprint density at radius 3 is 2.18 bits per heavy atom. The number of anilines is 1. The Morgan fingerprint density at radius 1 is 0.909 bits per heavy atom. The normalized spacial score (nSPS) is 14.2. The van der Waals surface area contributed by atoms with Gasteiger partial charge >= 0.3 is 12.3 Å². The summed E-state index contributed by atoms with van der Waals surface area (Å²) in [5, 5.41) is 0.669. The summed E-state index contributed by atoms with van der Waals surface area (Å²) in [7, 11) is 0. The Balaban J connectivity index is 1.29. The van der Waals surface area contributed by atoms with Crippen LogP contribution in [-0.2, 0) is 6.18 Å². The number of alkyl halides is 3. The first kappa shape index (κ1) is 22.7. The highest BCUT2D eigenvalue weighted by atomic mass is 35.5. The van der Waals surface area contributed by atoms with Gasteiger partial charge in [0.15, 0.2) is 0 Å². The summed E-state index contributed by atoms with van der Waals surface area (Å²) in [5.74, 6) is 0.681. The molecule has 3 aromatic rings. The van der Waals surface area contributed by atoms with Crippen LogP contribution in [0.25, 0.3) is 0 Å². The van der Waals surface area contributed by atoms with Crippen molar-refractivity contribution in [3.63, 3.8) is 0 Å². The fraction of sp³-hybridized carbons (Fsp3) is 0.217. The van der Waals surface area contributed by atoms with Crippen molar-refractivity contribution in [2.75, 3.05) is 31.1 Å². The van der Waals surface area contributed by atoms with E-state index < -0.39 is 17.8 Å². The van der Waals surface area contributed by atoms with E-state index in [1.165, 1.54) is 24.3 Å². The van der Waals surface area contributed by atoms with Gasteiger partial charge in [-0.15, -0.1) is 0 Å². The van der Waals surface area contributed by atoms with Gasteiger partial charge in [-0.2, -0.15) is 13.2 Å². The van der Waals surface area contributed by atoms with E-state index in [2.05, 4.69) is 9.88 Å². The molecular formula is C23H19ClF3N3O3. The van der Waals surface area contributed by atoms with E-state index in [1.54, 1.807) is 4.90 Å². The second-order valence-corrected chi connectivity index (χ2v) is 7.66. The smallest absolute Gasteiger partial charge is 0.417 e. The SMILES string of the molecule is O=C(Oc1ccc(Oc2ccc(C(F)(F)F)cn2)cc1)N1CCN(c2ccccc2Cl)CC1. The Kier molecular flexibility index (Phi) is 6.60. The Hall–Kier alpha value is -3.46. The molecule has 1 aliphatic heterocycles. The number of halogens is 4. The van der Waals surface area contributed by atoms with Crippen LogP contribution in [0, 0.1) is 0 Å². The van der Waals surface area contributed by atoms with Gasteiger partial charge in [-0.1, -0.05) is 23.7 Å². The van der Waals surface area contributed by atoms with Crippen LogP contribution in [0.2, 0.25) is 5.02 Å². The lowest BCUT2D eigenvalue weighted by Crippen LogP contribution is -2.49. The van der Waals surface area contributed by atoms with Crippen molar-refractivity contribution >= 4 is 23.4 Å². The third-order valence-corrected chi connectivity index (χ3v) is 5.37. The van der Waals surface area contributed by atoms with Gasteiger partial charge in [-0.3, -0.25) is 0 Å². The van der Waals surface area contributed by atoms with Gasteiger partial charge in [0.05, 0.1) is 16.3 Å². The van der Waals surface area contributed by atoms with Gasteiger partial charge in [0.2, 0.25) is 5.88 Å². The molecule has 1 aromatic heterocycles. The first-order valence-electron chi connectivity index (χ1n) is 10.1. The second kappa shape index (κ2) is 9.58. The molecule has 2 aromatic carbocycles. The summed E-state index contributed by atoms with van der Waals surface area (Å²) in [6.07, 6.45) is -4.22. The summed E-state index contributed by atoms with van der Waals surface area (Å²) in [4.78, 5) is 19.9. The average molecular weight is 478 g/mol. The molecule has 0 atom stereocenters. The molecule has 1 fully saturated rings. The van der Waals surface area contributed by atoms with Crippen molar-refractivity contribution in [1.29, 1.82) is 0 Å². The number of carbonyl (C=O) groups excluding carboxylic acids is 1. The minimum Gasteiger partial charge on any atom is -0.439 e. The summed E-state index contributed by atoms with van der Waals surface area (Å²) < 4.78 is 48.7. The summed E-state index contributed by atoms with van der Waals surface area (Å²) >= 11 is 6.25. The number of nitrogens with zero attached hydrogens (tertiary/aromatic N) is 3. The standard InChI is InChI=1S/C23H19ClF3N3O3/c24-19-3-1-2-4-20(19)29-11-13-30(14-12-29)22(31)33-18-8-6-17(7-9-18)32-21-10-5-16(15-28-21)23(25,26)27/h1-10,15H,11-14H2. The van der Waals surface area contributed by atoms with Crippen LogP contribution in [-0.4, -0.2) is 42.2 Å². The van der Waals surface area contributed by atoms with Crippen LogP contribution < -0.4 is 14.4 Å². The molecule has 1 amide bonds. The van der Waals surface area contributed by atoms with Crippen LogP contribution in [0.4, 0.5) is 23.7 Å². The number of ether oxygens (including phenoxy) is 2. The Morgan fingerprint density at radius 2 is 1.58 bits per heavy atom. The second-order valence-electron chi connectivity index (χ2n) is 7.25. The number of rotatable bonds is 4. The van der Waals surface area contributed by atoms with E-state index in [1.807, 2.05) is 24.3 Å². The van der Waals surface area contributed by atoms with Gasteiger partial charge in [0.1, 0.15) is 11.5 Å². The number of benzene rings is 2. The number of amides is 1. The predicted molar refractivity (Wildman–Crippen MR) is 117 cm³/mol. The molecule has 172 valence electrons. The monoisotopic (exact) mass is 477 g/mol. The van der Waals surface area contributed by atoms with Crippen molar-refractivity contribution in [2.24, 2.45) is 0 Å². The van der Waals surface area contributed by atoms with Crippen molar-refractivity contribution in [3.05, 3.63) is 77.4 Å². The first-order chi connectivity index (χ1) is 15.8. The maximum atomic E-state index is 12.6. The molecular weight excluding hydrogens is 459 g/mol. The zero-order valence-electron chi connectivity index (χ0n) is 17.3. The molecule has 2 heterocycles. The Labute approximate surface area is 193 Å². The number of hydrogen-bond donors (Lipinski definition) is 0. The molecule has 1 aliphatic rings. The zero-order valence-corrected chi connectivity index (χ0v) is 18.0. The molecule has 4 rings (SSSR count). The lowest BCUT2D eigenvalue weighted by atomic mass is 10.2. The van der Waals surface area contributed by atoms with E-state index in [9.17, 15) is 18.0 Å². The quantitative estimate of drug-likeness (QED) is 0.470. The number of carbonyl (C=O) groups is 1. The van der Waals surface area contributed by atoms with Gasteiger partial charge in [0, 0.05) is 38.4 Å². The fourth-order valence-corrected chi connectivity index (χ4v) is 3.56. The topological polar surface area (TPSA) is 54.9 Å². The molecule has 0 unspecified atom stereocenters.